The van der Waals surface area contributed by atoms with Gasteiger partial charge in [-0.15, -0.1) is 11.3 Å². The first-order valence-corrected chi connectivity index (χ1v) is 7.83. The molecule has 0 aromatic carbocycles. The van der Waals surface area contributed by atoms with E-state index in [1.807, 2.05) is 17.9 Å². The lowest BCUT2D eigenvalue weighted by Crippen LogP contribution is -2.09. The van der Waals surface area contributed by atoms with Crippen molar-refractivity contribution in [3.05, 3.63) is 26.5 Å². The number of thiazole rings is 1. The Hall–Kier alpha value is -1.47. The number of aromatic nitrogens is 5. The lowest BCUT2D eigenvalue weighted by Gasteiger charge is -2.11. The van der Waals surface area contributed by atoms with Crippen LogP contribution < -0.4 is 0 Å². The van der Waals surface area contributed by atoms with Gasteiger partial charge in [0.25, 0.3) is 0 Å². The van der Waals surface area contributed by atoms with Gasteiger partial charge in [0, 0.05) is 18.1 Å². The Morgan fingerprint density at radius 1 is 1.50 bits per heavy atom. The third kappa shape index (κ3) is 1.92. The smallest absolute Gasteiger partial charge is 0.179 e. The monoisotopic (exact) mass is 307 g/mol. The van der Waals surface area contributed by atoms with Gasteiger partial charge >= 0.3 is 0 Å². The molecule has 0 aliphatic rings. The highest BCUT2D eigenvalue weighted by atomic mass is 32.1. The fourth-order valence-electron chi connectivity index (χ4n) is 2.52. The van der Waals surface area contributed by atoms with Crippen LogP contribution in [0.2, 0.25) is 0 Å². The summed E-state index contributed by atoms with van der Waals surface area (Å²) in [6.45, 7) is 6.29. The average molecular weight is 307 g/mol. The first-order valence-electron chi connectivity index (χ1n) is 6.61. The maximum absolute atomic E-state index is 5.50. The summed E-state index contributed by atoms with van der Waals surface area (Å²) < 4.78 is 4.73. The van der Waals surface area contributed by atoms with E-state index in [1.165, 1.54) is 4.88 Å². The van der Waals surface area contributed by atoms with Crippen LogP contribution in [-0.4, -0.2) is 24.3 Å². The molecule has 3 aromatic rings. The molecule has 0 aliphatic heterocycles. The molecule has 1 atom stereocenters. The molecule has 0 aliphatic carbocycles. The number of aromatic amines is 1. The van der Waals surface area contributed by atoms with E-state index in [1.54, 1.807) is 11.3 Å². The van der Waals surface area contributed by atoms with Crippen LogP contribution in [-0.2, 0) is 13.5 Å². The van der Waals surface area contributed by atoms with E-state index in [9.17, 15) is 0 Å². The maximum atomic E-state index is 5.50. The summed E-state index contributed by atoms with van der Waals surface area (Å²) in [5.41, 5.74) is 3.13. The molecule has 0 spiro atoms. The Bertz CT molecular complexity index is 820. The second-order valence-electron chi connectivity index (χ2n) is 4.91. The second kappa shape index (κ2) is 4.82. The van der Waals surface area contributed by atoms with Gasteiger partial charge in [0.1, 0.15) is 10.5 Å². The number of aryl methyl sites for hydroxylation is 3. The molecule has 3 rings (SSSR count). The van der Waals surface area contributed by atoms with Crippen molar-refractivity contribution < 1.29 is 0 Å². The van der Waals surface area contributed by atoms with Gasteiger partial charge in [0.05, 0.1) is 11.7 Å². The van der Waals surface area contributed by atoms with E-state index in [0.717, 1.165) is 33.1 Å². The molecule has 0 saturated carbocycles. The lowest BCUT2D eigenvalue weighted by molar-refractivity contribution is 0.616. The second-order valence-corrected chi connectivity index (χ2v) is 6.56. The number of imidazole rings is 1. The first kappa shape index (κ1) is 13.5. The molecular formula is C13H17N5S2. The molecule has 0 amide bonds. The number of hydrogen-bond donors (Lipinski definition) is 1. The Balaban J connectivity index is 2.23. The van der Waals surface area contributed by atoms with E-state index < -0.39 is 0 Å². The van der Waals surface area contributed by atoms with Crippen molar-refractivity contribution in [1.82, 2.24) is 24.3 Å². The van der Waals surface area contributed by atoms with Crippen molar-refractivity contribution in [1.29, 1.82) is 0 Å². The van der Waals surface area contributed by atoms with Crippen molar-refractivity contribution in [2.24, 2.45) is 7.05 Å². The molecule has 20 heavy (non-hydrogen) atoms. The molecule has 3 aromatic heterocycles. The fourth-order valence-corrected chi connectivity index (χ4v) is 3.68. The van der Waals surface area contributed by atoms with Crippen LogP contribution >= 0.6 is 23.6 Å². The van der Waals surface area contributed by atoms with Crippen molar-refractivity contribution in [2.45, 2.75) is 33.2 Å². The van der Waals surface area contributed by atoms with Gasteiger partial charge in [-0.3, -0.25) is 9.25 Å². The zero-order valence-corrected chi connectivity index (χ0v) is 13.6. The normalized spacial score (nSPS) is 13.2. The summed E-state index contributed by atoms with van der Waals surface area (Å²) in [7, 11) is 1.96. The summed E-state index contributed by atoms with van der Waals surface area (Å²) >= 11 is 7.21. The summed E-state index contributed by atoms with van der Waals surface area (Å²) in [6.07, 6.45) is 2.79. The van der Waals surface area contributed by atoms with E-state index in [4.69, 9.17) is 12.2 Å². The molecule has 0 saturated heterocycles. The highest BCUT2D eigenvalue weighted by molar-refractivity contribution is 7.71. The number of nitrogens with one attached hydrogen (secondary N) is 1. The number of H-pyrrole nitrogens is 1. The summed E-state index contributed by atoms with van der Waals surface area (Å²) in [5, 5.41) is 5.62. The highest BCUT2D eigenvalue weighted by Gasteiger charge is 2.20. The van der Waals surface area contributed by atoms with Crippen molar-refractivity contribution >= 4 is 34.7 Å². The summed E-state index contributed by atoms with van der Waals surface area (Å²) in [5.74, 6) is 0. The minimum absolute atomic E-state index is 0.107. The van der Waals surface area contributed by atoms with E-state index >= 15 is 0 Å². The van der Waals surface area contributed by atoms with Crippen LogP contribution in [0.25, 0.3) is 11.2 Å². The van der Waals surface area contributed by atoms with E-state index in [0.29, 0.717) is 0 Å². The Morgan fingerprint density at radius 3 is 2.85 bits per heavy atom. The molecule has 7 heteroatoms. The number of hydrogen-bond acceptors (Lipinski definition) is 4. The van der Waals surface area contributed by atoms with Gasteiger partial charge in [-0.2, -0.15) is 5.10 Å². The molecule has 1 N–H and O–H groups in total. The number of fused-ring (bicyclic) bond motifs is 1. The largest absolute Gasteiger partial charge is 0.328 e. The van der Waals surface area contributed by atoms with E-state index in [-0.39, 0.29) is 6.04 Å². The zero-order chi connectivity index (χ0) is 14.4. The third-order valence-corrected chi connectivity index (χ3v) is 4.87. The van der Waals surface area contributed by atoms with Crippen LogP contribution in [0.5, 0.6) is 0 Å². The van der Waals surface area contributed by atoms with Gasteiger partial charge in [-0.1, -0.05) is 6.92 Å². The zero-order valence-electron chi connectivity index (χ0n) is 12.0. The van der Waals surface area contributed by atoms with Crippen molar-refractivity contribution in [2.75, 3.05) is 0 Å². The van der Waals surface area contributed by atoms with Crippen LogP contribution in [0.1, 0.15) is 35.5 Å². The molecule has 5 nitrogen and oxygen atoms in total. The minimum Gasteiger partial charge on any atom is -0.328 e. The molecule has 3 heterocycles. The fraction of sp³-hybridized carbons (Fsp3) is 0.462. The molecule has 0 fully saturated rings. The minimum atomic E-state index is 0.107. The standard InChI is InChI=1S/C13H17N5S2/c1-5-9-10-12(17(4)16-9)18(13(19)15-10)8(3)11-14-6-7(2)20-11/h6,8H,5H2,1-4H3,(H,15,19). The summed E-state index contributed by atoms with van der Waals surface area (Å²) in [4.78, 5) is 8.99. The number of rotatable bonds is 3. The Labute approximate surface area is 126 Å². The predicted octanol–water partition coefficient (Wildman–Crippen LogP) is 3.37. The van der Waals surface area contributed by atoms with Crippen LogP contribution in [0.15, 0.2) is 6.20 Å². The van der Waals surface area contributed by atoms with Crippen LogP contribution in [0, 0.1) is 11.7 Å². The van der Waals surface area contributed by atoms with Crippen molar-refractivity contribution in [3.8, 4) is 0 Å². The number of nitrogens with zero attached hydrogens (tertiary/aromatic N) is 4. The van der Waals surface area contributed by atoms with Gasteiger partial charge in [0.2, 0.25) is 0 Å². The highest BCUT2D eigenvalue weighted by Crippen LogP contribution is 2.28. The predicted molar refractivity (Wildman–Crippen MR) is 83.9 cm³/mol. The van der Waals surface area contributed by atoms with Gasteiger partial charge in [-0.05, 0) is 32.5 Å². The molecule has 106 valence electrons. The van der Waals surface area contributed by atoms with Crippen molar-refractivity contribution in [3.63, 3.8) is 0 Å². The van der Waals surface area contributed by atoms with Crippen LogP contribution in [0.4, 0.5) is 0 Å². The lowest BCUT2D eigenvalue weighted by atomic mass is 10.3. The molecule has 1 unspecified atom stereocenters. The summed E-state index contributed by atoms with van der Waals surface area (Å²) in [6, 6.07) is 0.107. The maximum Gasteiger partial charge on any atom is 0.179 e. The molecular weight excluding hydrogens is 290 g/mol. The first-order chi connectivity index (χ1) is 9.52. The van der Waals surface area contributed by atoms with Crippen LogP contribution in [0.3, 0.4) is 0 Å². The topological polar surface area (TPSA) is 51.4 Å². The average Bonchev–Trinajstić information content (AvgIpc) is 3.05. The van der Waals surface area contributed by atoms with Gasteiger partial charge < -0.3 is 4.98 Å². The Kier molecular flexibility index (Phi) is 3.25. The van der Waals surface area contributed by atoms with Gasteiger partial charge in [-0.25, -0.2) is 4.98 Å². The quantitative estimate of drug-likeness (QED) is 0.755. The molecule has 0 bridgehead atoms. The van der Waals surface area contributed by atoms with E-state index in [2.05, 4.69) is 40.4 Å². The molecule has 0 radical (unpaired) electrons. The van der Waals surface area contributed by atoms with Gasteiger partial charge in [0.15, 0.2) is 10.4 Å². The SMILES string of the molecule is CCc1nn(C)c2c1[nH]c(=S)n2C(C)c1ncc(C)s1. The Morgan fingerprint density at radius 2 is 2.25 bits per heavy atom. The third-order valence-electron chi connectivity index (χ3n) is 3.49.